The monoisotopic (exact) mass is 336 g/mol. The van der Waals surface area contributed by atoms with E-state index in [1.165, 1.54) is 25.7 Å². The van der Waals surface area contributed by atoms with Crippen LogP contribution in [0.25, 0.3) is 0 Å². The van der Waals surface area contributed by atoms with Crippen molar-refractivity contribution >= 4 is 5.97 Å². The SMILES string of the molecule is CCCCC/C=C\C/C=C\C/C=C\[C@H](O)[C@H]1O[C@H]1CCCC(=O)O. The Bertz CT molecular complexity index is 425. The number of ether oxygens (including phenoxy) is 1. The molecule has 0 spiro atoms. The van der Waals surface area contributed by atoms with Gasteiger partial charge in [0.25, 0.3) is 0 Å². The molecule has 0 saturated carbocycles. The maximum atomic E-state index is 10.4. The Balaban J connectivity index is 2.02. The number of carbonyl (C=O) groups is 1. The van der Waals surface area contributed by atoms with E-state index < -0.39 is 12.1 Å². The van der Waals surface area contributed by atoms with Crippen molar-refractivity contribution in [2.75, 3.05) is 0 Å². The molecule has 24 heavy (non-hydrogen) atoms. The van der Waals surface area contributed by atoms with Crippen molar-refractivity contribution in [3.8, 4) is 0 Å². The minimum atomic E-state index is -0.782. The molecule has 0 aliphatic carbocycles. The van der Waals surface area contributed by atoms with Gasteiger partial charge in [-0.15, -0.1) is 0 Å². The topological polar surface area (TPSA) is 70.1 Å². The fourth-order valence-corrected chi connectivity index (χ4v) is 2.55. The first-order chi connectivity index (χ1) is 11.6. The van der Waals surface area contributed by atoms with Gasteiger partial charge >= 0.3 is 5.97 Å². The molecule has 0 aromatic carbocycles. The lowest BCUT2D eigenvalue weighted by Gasteiger charge is -1.99. The highest BCUT2D eigenvalue weighted by atomic mass is 16.6. The first-order valence-electron chi connectivity index (χ1n) is 9.17. The molecule has 1 fully saturated rings. The first kappa shape index (κ1) is 20.7. The number of unbranched alkanes of at least 4 members (excludes halogenated alkanes) is 3. The van der Waals surface area contributed by atoms with Gasteiger partial charge in [0, 0.05) is 6.42 Å². The summed E-state index contributed by atoms with van der Waals surface area (Å²) >= 11 is 0. The smallest absolute Gasteiger partial charge is 0.303 e. The minimum Gasteiger partial charge on any atom is -0.481 e. The van der Waals surface area contributed by atoms with Crippen LogP contribution in [0.4, 0.5) is 0 Å². The molecule has 1 heterocycles. The zero-order valence-corrected chi connectivity index (χ0v) is 14.8. The summed E-state index contributed by atoms with van der Waals surface area (Å²) in [7, 11) is 0. The molecular weight excluding hydrogens is 304 g/mol. The molecule has 136 valence electrons. The summed E-state index contributed by atoms with van der Waals surface area (Å²) in [5, 5.41) is 18.5. The van der Waals surface area contributed by atoms with Crippen molar-refractivity contribution in [1.29, 1.82) is 0 Å². The zero-order chi connectivity index (χ0) is 17.6. The number of aliphatic hydroxyl groups excluding tert-OH is 1. The lowest BCUT2D eigenvalue weighted by molar-refractivity contribution is -0.137. The van der Waals surface area contributed by atoms with Gasteiger partial charge in [0.15, 0.2) is 0 Å². The largest absolute Gasteiger partial charge is 0.481 e. The van der Waals surface area contributed by atoms with Crippen LogP contribution < -0.4 is 0 Å². The number of hydrogen-bond donors (Lipinski definition) is 2. The fraction of sp³-hybridized carbons (Fsp3) is 0.650. The van der Waals surface area contributed by atoms with Crippen molar-refractivity contribution in [2.24, 2.45) is 0 Å². The fourth-order valence-electron chi connectivity index (χ4n) is 2.55. The first-order valence-corrected chi connectivity index (χ1v) is 9.17. The van der Waals surface area contributed by atoms with Crippen LogP contribution >= 0.6 is 0 Å². The molecule has 0 aromatic rings. The average Bonchev–Trinajstić information content (AvgIpc) is 3.31. The van der Waals surface area contributed by atoms with E-state index in [0.717, 1.165) is 12.8 Å². The Labute approximate surface area is 145 Å². The molecule has 2 N–H and O–H groups in total. The van der Waals surface area contributed by atoms with E-state index in [-0.39, 0.29) is 18.6 Å². The predicted molar refractivity (Wildman–Crippen MR) is 97.0 cm³/mol. The molecule has 1 saturated heterocycles. The number of aliphatic carboxylic acids is 1. The van der Waals surface area contributed by atoms with Gasteiger partial charge in [-0.3, -0.25) is 4.79 Å². The number of aliphatic hydroxyl groups is 1. The van der Waals surface area contributed by atoms with Gasteiger partial charge in [-0.1, -0.05) is 56.2 Å². The van der Waals surface area contributed by atoms with Gasteiger partial charge in [0.1, 0.15) is 12.2 Å². The summed E-state index contributed by atoms with van der Waals surface area (Å²) in [6.07, 6.45) is 19.9. The Morgan fingerprint density at radius 2 is 1.79 bits per heavy atom. The molecule has 1 aliphatic heterocycles. The van der Waals surface area contributed by atoms with Crippen LogP contribution in [-0.2, 0) is 9.53 Å². The lowest BCUT2D eigenvalue weighted by atomic mass is 10.1. The van der Waals surface area contributed by atoms with Crippen LogP contribution in [0, 0.1) is 0 Å². The highest BCUT2D eigenvalue weighted by molar-refractivity contribution is 5.66. The van der Waals surface area contributed by atoms with Gasteiger partial charge in [-0.2, -0.15) is 0 Å². The molecule has 4 nitrogen and oxygen atoms in total. The molecule has 4 heteroatoms. The summed E-state index contributed by atoms with van der Waals surface area (Å²) in [6, 6.07) is 0. The maximum absolute atomic E-state index is 10.4. The number of carboxylic acids is 1. The highest BCUT2D eigenvalue weighted by Crippen LogP contribution is 2.30. The standard InChI is InChI=1S/C20H32O4/c1-2-3-4-5-6-7-8-9-10-11-12-14-17(21)20-18(24-20)15-13-16-19(22)23/h6-7,9-10,12,14,17-18,20-21H,2-5,8,11,13,15-16H2,1H3,(H,22,23)/b7-6-,10-9-,14-12-/t17-,18-,20+/m0/s1. The minimum absolute atomic E-state index is 0.0115. The predicted octanol–water partition coefficient (Wildman–Crippen LogP) is 4.40. The third kappa shape index (κ3) is 10.4. The molecular formula is C20H32O4. The second kappa shape index (κ2) is 13.0. The van der Waals surface area contributed by atoms with Crippen LogP contribution in [0.2, 0.25) is 0 Å². The van der Waals surface area contributed by atoms with E-state index in [0.29, 0.717) is 12.8 Å². The van der Waals surface area contributed by atoms with E-state index in [1.54, 1.807) is 6.08 Å². The lowest BCUT2D eigenvalue weighted by Crippen LogP contribution is -2.13. The molecule has 3 atom stereocenters. The van der Waals surface area contributed by atoms with Crippen molar-refractivity contribution in [1.82, 2.24) is 0 Å². The van der Waals surface area contributed by atoms with Gasteiger partial charge in [-0.05, 0) is 38.5 Å². The van der Waals surface area contributed by atoms with Gasteiger partial charge in [0.05, 0.1) is 6.10 Å². The van der Waals surface area contributed by atoms with Crippen molar-refractivity contribution in [3.05, 3.63) is 36.5 Å². The third-order valence-electron chi connectivity index (χ3n) is 4.02. The number of rotatable bonds is 14. The highest BCUT2D eigenvalue weighted by Gasteiger charge is 2.42. The summed E-state index contributed by atoms with van der Waals surface area (Å²) in [4.78, 5) is 10.4. The van der Waals surface area contributed by atoms with Crippen LogP contribution in [0.15, 0.2) is 36.5 Å². The summed E-state index contributed by atoms with van der Waals surface area (Å²) in [5.74, 6) is -0.782. The number of carboxylic acid groups (broad SMARTS) is 1. The van der Waals surface area contributed by atoms with E-state index >= 15 is 0 Å². The van der Waals surface area contributed by atoms with Gasteiger partial charge in [-0.25, -0.2) is 0 Å². The molecule has 0 amide bonds. The summed E-state index contributed by atoms with van der Waals surface area (Å²) < 4.78 is 5.39. The van der Waals surface area contributed by atoms with Crippen LogP contribution in [0.5, 0.6) is 0 Å². The molecule has 0 radical (unpaired) electrons. The number of allylic oxidation sites excluding steroid dienone is 5. The molecule has 1 rings (SSSR count). The van der Waals surface area contributed by atoms with E-state index in [1.807, 2.05) is 6.08 Å². The van der Waals surface area contributed by atoms with E-state index in [4.69, 9.17) is 9.84 Å². The Kier molecular flexibility index (Phi) is 11.2. The normalized spacial score (nSPS) is 21.9. The van der Waals surface area contributed by atoms with Crippen LogP contribution in [-0.4, -0.2) is 34.5 Å². The third-order valence-corrected chi connectivity index (χ3v) is 4.02. The van der Waals surface area contributed by atoms with Crippen molar-refractivity contribution in [3.63, 3.8) is 0 Å². The van der Waals surface area contributed by atoms with Crippen molar-refractivity contribution in [2.45, 2.75) is 83.0 Å². The number of epoxide rings is 1. The summed E-state index contributed by atoms with van der Waals surface area (Å²) in [5.41, 5.74) is 0. The van der Waals surface area contributed by atoms with E-state index in [2.05, 4.69) is 31.2 Å². The van der Waals surface area contributed by atoms with Crippen LogP contribution in [0.1, 0.15) is 64.7 Å². The second-order valence-electron chi connectivity index (χ2n) is 6.25. The van der Waals surface area contributed by atoms with Crippen LogP contribution in [0.3, 0.4) is 0 Å². The Morgan fingerprint density at radius 3 is 2.50 bits per heavy atom. The summed E-state index contributed by atoms with van der Waals surface area (Å²) in [6.45, 7) is 2.21. The Morgan fingerprint density at radius 1 is 1.08 bits per heavy atom. The van der Waals surface area contributed by atoms with Gasteiger partial charge in [0.2, 0.25) is 0 Å². The maximum Gasteiger partial charge on any atom is 0.303 e. The van der Waals surface area contributed by atoms with Gasteiger partial charge < -0.3 is 14.9 Å². The van der Waals surface area contributed by atoms with E-state index in [9.17, 15) is 9.90 Å². The second-order valence-corrected chi connectivity index (χ2v) is 6.25. The van der Waals surface area contributed by atoms with Crippen molar-refractivity contribution < 1.29 is 19.7 Å². The zero-order valence-electron chi connectivity index (χ0n) is 14.8. The number of hydrogen-bond acceptors (Lipinski definition) is 3. The quantitative estimate of drug-likeness (QED) is 0.280. The molecule has 0 bridgehead atoms. The average molecular weight is 336 g/mol. The Hall–Kier alpha value is -1.39. The molecule has 0 unspecified atom stereocenters. The molecule has 0 aromatic heterocycles. The molecule has 1 aliphatic rings.